The maximum absolute atomic E-state index is 4.78. The van der Waals surface area contributed by atoms with Gasteiger partial charge in [0, 0.05) is 10.5 Å². The standard InChI is InChI=1S/C16H24S4/c17-15(19-13-7-9-1-3-11(13)5-9)16(18)20-14-8-10-2-4-12(14)6-10/h9-14,17-18H,1-8H2. The van der Waals surface area contributed by atoms with Crippen molar-refractivity contribution in [3.63, 3.8) is 0 Å². The van der Waals surface area contributed by atoms with Gasteiger partial charge in [-0.1, -0.05) is 12.8 Å². The van der Waals surface area contributed by atoms with Crippen LogP contribution in [-0.4, -0.2) is 10.5 Å². The first-order chi connectivity index (χ1) is 9.69. The molecule has 4 aliphatic carbocycles. The van der Waals surface area contributed by atoms with E-state index in [0.717, 1.165) is 34.2 Å². The van der Waals surface area contributed by atoms with Gasteiger partial charge < -0.3 is 0 Å². The van der Waals surface area contributed by atoms with Crippen molar-refractivity contribution in [3.8, 4) is 0 Å². The van der Waals surface area contributed by atoms with Crippen LogP contribution in [0, 0.1) is 23.7 Å². The molecule has 4 saturated carbocycles. The highest BCUT2D eigenvalue weighted by Gasteiger charge is 2.41. The highest BCUT2D eigenvalue weighted by Crippen LogP contribution is 2.55. The third-order valence-electron chi connectivity index (χ3n) is 6.06. The van der Waals surface area contributed by atoms with Crippen LogP contribution < -0.4 is 0 Å². The Morgan fingerprint density at radius 2 is 1.10 bits per heavy atom. The zero-order valence-electron chi connectivity index (χ0n) is 11.8. The summed E-state index contributed by atoms with van der Waals surface area (Å²) in [5.41, 5.74) is 0. The molecule has 0 radical (unpaired) electrons. The fraction of sp³-hybridized carbons (Fsp3) is 0.875. The minimum atomic E-state index is 0.837. The number of hydrogen-bond donors (Lipinski definition) is 2. The summed E-state index contributed by atoms with van der Waals surface area (Å²) >= 11 is 13.6. The minimum absolute atomic E-state index is 0.837. The summed E-state index contributed by atoms with van der Waals surface area (Å²) in [5.74, 6) is 4.00. The first-order valence-corrected chi connectivity index (χ1v) is 10.8. The van der Waals surface area contributed by atoms with Crippen LogP contribution in [0.25, 0.3) is 0 Å². The Morgan fingerprint density at radius 3 is 1.40 bits per heavy atom. The molecule has 0 aromatic heterocycles. The van der Waals surface area contributed by atoms with Crippen LogP contribution in [0.3, 0.4) is 0 Å². The molecule has 4 aliphatic rings. The molecule has 0 spiro atoms. The molecule has 0 heterocycles. The van der Waals surface area contributed by atoms with Crippen molar-refractivity contribution < 1.29 is 0 Å². The van der Waals surface area contributed by atoms with Crippen LogP contribution in [0.15, 0.2) is 8.47 Å². The molecule has 0 saturated heterocycles. The van der Waals surface area contributed by atoms with Gasteiger partial charge >= 0.3 is 0 Å². The fourth-order valence-electron chi connectivity index (χ4n) is 5.05. The fourth-order valence-corrected chi connectivity index (χ4v) is 8.86. The van der Waals surface area contributed by atoms with E-state index in [1.54, 1.807) is 0 Å². The Bertz CT molecular complexity index is 381. The quantitative estimate of drug-likeness (QED) is 0.617. The van der Waals surface area contributed by atoms with E-state index < -0.39 is 0 Å². The smallest absolute Gasteiger partial charge is 0.0572 e. The summed E-state index contributed by atoms with van der Waals surface area (Å²) in [4.78, 5) is 0. The van der Waals surface area contributed by atoms with Gasteiger partial charge in [0.15, 0.2) is 0 Å². The molecule has 6 atom stereocenters. The number of thioether (sulfide) groups is 2. The second-order valence-corrected chi connectivity index (χ2v) is 11.3. The van der Waals surface area contributed by atoms with Crippen LogP contribution >= 0.6 is 48.8 Å². The molecule has 0 amide bonds. The molecular weight excluding hydrogens is 320 g/mol. The van der Waals surface area contributed by atoms with E-state index in [0.29, 0.717) is 0 Å². The number of rotatable bonds is 4. The lowest BCUT2D eigenvalue weighted by atomic mass is 10.0. The Morgan fingerprint density at radius 1 is 0.650 bits per heavy atom. The van der Waals surface area contributed by atoms with Crippen molar-refractivity contribution in [2.45, 2.75) is 61.9 Å². The Hall–Kier alpha value is 1.14. The molecule has 0 aromatic carbocycles. The Labute approximate surface area is 142 Å². The normalized spacial score (nSPS) is 47.1. The molecule has 4 fully saturated rings. The van der Waals surface area contributed by atoms with Crippen LogP contribution in [0.1, 0.15) is 51.4 Å². The van der Waals surface area contributed by atoms with Gasteiger partial charge in [0.1, 0.15) is 0 Å². The van der Waals surface area contributed by atoms with Crippen molar-refractivity contribution in [1.29, 1.82) is 0 Å². The van der Waals surface area contributed by atoms with E-state index in [-0.39, 0.29) is 0 Å². The third-order valence-corrected chi connectivity index (χ3v) is 10.4. The molecule has 6 unspecified atom stereocenters. The molecule has 4 bridgehead atoms. The number of fused-ring (bicyclic) bond motifs is 4. The SMILES string of the molecule is SC(SC1CC2CCC1C2)=C(S)SC1CC2CCC1C2. The number of hydrogen-bond acceptors (Lipinski definition) is 4. The van der Waals surface area contributed by atoms with E-state index >= 15 is 0 Å². The van der Waals surface area contributed by atoms with E-state index in [9.17, 15) is 0 Å². The monoisotopic (exact) mass is 344 g/mol. The first-order valence-electron chi connectivity index (χ1n) is 8.14. The lowest BCUT2D eigenvalue weighted by Crippen LogP contribution is -2.13. The van der Waals surface area contributed by atoms with Crippen LogP contribution in [0.2, 0.25) is 0 Å². The van der Waals surface area contributed by atoms with Gasteiger partial charge in [0.2, 0.25) is 0 Å². The summed E-state index contributed by atoms with van der Waals surface area (Å²) in [6.45, 7) is 0. The lowest BCUT2D eigenvalue weighted by molar-refractivity contribution is 0.492. The molecule has 4 heteroatoms. The second-order valence-electron chi connectivity index (χ2n) is 7.27. The summed E-state index contributed by atoms with van der Waals surface area (Å²) in [5, 5.41) is 1.67. The summed E-state index contributed by atoms with van der Waals surface area (Å²) < 4.78 is 2.41. The average Bonchev–Trinajstić information content (AvgIpc) is 3.18. The van der Waals surface area contributed by atoms with E-state index in [4.69, 9.17) is 25.3 Å². The van der Waals surface area contributed by atoms with Crippen LogP contribution in [0.5, 0.6) is 0 Å². The van der Waals surface area contributed by atoms with E-state index in [1.165, 1.54) is 59.8 Å². The van der Waals surface area contributed by atoms with Crippen molar-refractivity contribution in [1.82, 2.24) is 0 Å². The maximum atomic E-state index is 4.78. The highest BCUT2D eigenvalue weighted by atomic mass is 32.2. The number of thiol groups is 2. The maximum Gasteiger partial charge on any atom is 0.0572 e. The van der Waals surface area contributed by atoms with Gasteiger partial charge in [-0.25, -0.2) is 0 Å². The average molecular weight is 345 g/mol. The van der Waals surface area contributed by atoms with Gasteiger partial charge in [0.25, 0.3) is 0 Å². The zero-order chi connectivity index (χ0) is 13.7. The predicted octanol–water partition coefficient (Wildman–Crippen LogP) is 5.82. The zero-order valence-corrected chi connectivity index (χ0v) is 15.3. The third kappa shape index (κ3) is 2.83. The molecule has 4 rings (SSSR count). The largest absolute Gasteiger partial charge is 0.135 e. The summed E-state index contributed by atoms with van der Waals surface area (Å²) in [7, 11) is 0. The molecule has 0 aromatic rings. The minimum Gasteiger partial charge on any atom is -0.135 e. The predicted molar refractivity (Wildman–Crippen MR) is 98.7 cm³/mol. The van der Waals surface area contributed by atoms with Crippen molar-refractivity contribution in [2.75, 3.05) is 0 Å². The Balaban J connectivity index is 1.35. The van der Waals surface area contributed by atoms with Gasteiger partial charge in [-0.2, -0.15) is 0 Å². The van der Waals surface area contributed by atoms with E-state index in [2.05, 4.69) is 0 Å². The van der Waals surface area contributed by atoms with Gasteiger partial charge in [-0.05, 0) is 62.2 Å². The molecular formula is C16H24S4. The van der Waals surface area contributed by atoms with Crippen molar-refractivity contribution in [2.24, 2.45) is 23.7 Å². The summed E-state index contributed by atoms with van der Waals surface area (Å²) in [6.07, 6.45) is 11.7. The molecule has 0 aliphatic heterocycles. The van der Waals surface area contributed by atoms with Crippen LogP contribution in [-0.2, 0) is 0 Å². The molecule has 20 heavy (non-hydrogen) atoms. The van der Waals surface area contributed by atoms with Gasteiger partial charge in [0.05, 0.1) is 8.47 Å². The lowest BCUT2D eigenvalue weighted by Gasteiger charge is -2.24. The molecule has 112 valence electrons. The van der Waals surface area contributed by atoms with Gasteiger partial charge in [-0.15, -0.1) is 48.8 Å². The topological polar surface area (TPSA) is 0 Å². The van der Waals surface area contributed by atoms with Crippen LogP contribution in [0.4, 0.5) is 0 Å². The highest BCUT2D eigenvalue weighted by molar-refractivity contribution is 8.21. The van der Waals surface area contributed by atoms with Crippen molar-refractivity contribution in [3.05, 3.63) is 8.47 Å². The first kappa shape index (κ1) is 14.7. The van der Waals surface area contributed by atoms with Crippen molar-refractivity contribution >= 4 is 48.8 Å². The van der Waals surface area contributed by atoms with E-state index in [1.807, 2.05) is 23.5 Å². The molecule has 0 N–H and O–H groups in total. The molecule has 0 nitrogen and oxygen atoms in total. The Kier molecular flexibility index (Phi) is 4.40. The summed E-state index contributed by atoms with van der Waals surface area (Å²) in [6, 6.07) is 0. The second kappa shape index (κ2) is 5.98. The van der Waals surface area contributed by atoms with Gasteiger partial charge in [-0.3, -0.25) is 0 Å².